The fraction of sp³-hybridized carbons (Fsp3) is 0.455. The van der Waals surface area contributed by atoms with Crippen LogP contribution in [0.2, 0.25) is 0 Å². The Labute approximate surface area is 97.7 Å². The summed E-state index contributed by atoms with van der Waals surface area (Å²) in [7, 11) is 0.566. The van der Waals surface area contributed by atoms with E-state index in [9.17, 15) is 4.21 Å². The fourth-order valence-electron chi connectivity index (χ4n) is 1.69. The van der Waals surface area contributed by atoms with Gasteiger partial charge in [-0.05, 0) is 12.1 Å². The summed E-state index contributed by atoms with van der Waals surface area (Å²) in [6, 6.07) is 7.61. The Bertz CT molecular complexity index is 397. The molecule has 1 aromatic carbocycles. The Morgan fingerprint density at radius 2 is 2.25 bits per heavy atom. The third kappa shape index (κ3) is 2.20. The molecule has 0 spiro atoms. The number of hydrogen-bond acceptors (Lipinski definition) is 3. The van der Waals surface area contributed by atoms with E-state index in [1.165, 1.54) is 0 Å². The topological polar surface area (TPSA) is 38.8 Å². The molecule has 0 amide bonds. The first-order valence-electron chi connectivity index (χ1n) is 5.08. The van der Waals surface area contributed by atoms with Crippen LogP contribution in [0.5, 0.6) is 5.75 Å². The molecule has 1 aliphatic rings. The number of ether oxygens (including phenoxy) is 2. The van der Waals surface area contributed by atoms with Crippen molar-refractivity contribution < 1.29 is 13.7 Å². The van der Waals surface area contributed by atoms with Crippen LogP contribution in [0.15, 0.2) is 24.3 Å². The largest absolute Gasteiger partial charge is 0.489 e. The Kier molecular flexibility index (Phi) is 3.46. The summed E-state index contributed by atoms with van der Waals surface area (Å²) in [5.41, 5.74) is 0.864. The van der Waals surface area contributed by atoms with Crippen LogP contribution < -0.4 is 9.04 Å². The van der Waals surface area contributed by atoms with Gasteiger partial charge in [0.25, 0.3) is 0 Å². The van der Waals surface area contributed by atoms with Crippen LogP contribution in [-0.2, 0) is 15.7 Å². The molecule has 0 N–H and O–H groups in total. The summed E-state index contributed by atoms with van der Waals surface area (Å²) in [5.74, 6) is 0.761. The summed E-state index contributed by atoms with van der Waals surface area (Å²) in [6.45, 7) is 1.07. The van der Waals surface area contributed by atoms with Crippen LogP contribution in [-0.4, -0.2) is 36.8 Å². The van der Waals surface area contributed by atoms with Crippen molar-refractivity contribution in [1.82, 2.24) is 0 Å². The van der Waals surface area contributed by atoms with Crippen molar-refractivity contribution in [3.8, 4) is 5.75 Å². The van der Waals surface area contributed by atoms with E-state index in [1.54, 1.807) is 17.7 Å². The summed E-state index contributed by atoms with van der Waals surface area (Å²) in [6.07, 6.45) is 1.60. The lowest BCUT2D eigenvalue weighted by Crippen LogP contribution is -2.35. The number of benzene rings is 1. The van der Waals surface area contributed by atoms with Gasteiger partial charge in [0.1, 0.15) is 29.4 Å². The summed E-state index contributed by atoms with van der Waals surface area (Å²) < 4.78 is 24.4. The molecular weight excluding hydrogens is 226 g/mol. The van der Waals surface area contributed by atoms with Crippen molar-refractivity contribution >= 4 is 16.7 Å². The number of para-hydroxylation sites is 2. The number of methoxy groups -OCH3 is 1. The zero-order chi connectivity index (χ0) is 11.5. The third-order valence-electron chi connectivity index (χ3n) is 2.57. The van der Waals surface area contributed by atoms with Crippen LogP contribution in [0.1, 0.15) is 0 Å². The number of fused-ring (bicyclic) bond motifs is 1. The van der Waals surface area contributed by atoms with E-state index >= 15 is 0 Å². The van der Waals surface area contributed by atoms with Crippen LogP contribution in [0.25, 0.3) is 0 Å². The molecular formula is C11H15NO3S. The fourth-order valence-corrected chi connectivity index (χ4v) is 2.49. The Morgan fingerprint density at radius 1 is 1.50 bits per heavy atom. The normalized spacial score (nSPS) is 21.9. The zero-order valence-electron chi connectivity index (χ0n) is 9.38. The van der Waals surface area contributed by atoms with Gasteiger partial charge in [0, 0.05) is 13.4 Å². The van der Waals surface area contributed by atoms with E-state index < -0.39 is 11.0 Å². The molecule has 1 aromatic rings. The molecule has 4 nitrogen and oxygen atoms in total. The predicted octanol–water partition coefficient (Wildman–Crippen LogP) is 1.19. The van der Waals surface area contributed by atoms with Crippen LogP contribution in [0.4, 0.5) is 5.69 Å². The molecule has 0 fully saturated rings. The standard InChI is InChI=1S/C11H15NO3S/c1-14-9-7-12(16(2)13)10-5-3-4-6-11(10)15-8-9/h3-6,9H,7-8H2,1-2H3. The summed E-state index contributed by atoms with van der Waals surface area (Å²) in [4.78, 5) is 0. The molecule has 88 valence electrons. The average molecular weight is 241 g/mol. The maximum absolute atomic E-state index is 11.7. The minimum Gasteiger partial charge on any atom is -0.489 e. The lowest BCUT2D eigenvalue weighted by Gasteiger charge is -2.22. The SMILES string of the molecule is COC1COc2ccccc2N(S(C)=O)C1. The molecule has 0 radical (unpaired) electrons. The number of anilines is 1. The Morgan fingerprint density at radius 3 is 2.94 bits per heavy atom. The minimum atomic E-state index is -1.07. The number of nitrogens with zero attached hydrogens (tertiary/aromatic N) is 1. The van der Waals surface area contributed by atoms with Gasteiger partial charge in [-0.15, -0.1) is 0 Å². The minimum absolute atomic E-state index is 0.0590. The van der Waals surface area contributed by atoms with E-state index in [0.717, 1.165) is 11.4 Å². The second-order valence-corrected chi connectivity index (χ2v) is 4.91. The molecule has 0 aliphatic carbocycles. The first-order valence-corrected chi connectivity index (χ1v) is 6.59. The van der Waals surface area contributed by atoms with Crippen molar-refractivity contribution in [2.75, 3.05) is 30.8 Å². The van der Waals surface area contributed by atoms with Crippen LogP contribution in [0, 0.1) is 0 Å². The van der Waals surface area contributed by atoms with E-state index in [-0.39, 0.29) is 6.10 Å². The third-order valence-corrected chi connectivity index (χ3v) is 3.54. The van der Waals surface area contributed by atoms with E-state index in [1.807, 2.05) is 24.3 Å². The average Bonchev–Trinajstić information content (AvgIpc) is 2.48. The van der Waals surface area contributed by atoms with Crippen molar-refractivity contribution in [3.63, 3.8) is 0 Å². The Hall–Kier alpha value is -1.07. The molecule has 0 aromatic heterocycles. The molecule has 0 saturated carbocycles. The molecule has 2 unspecified atom stereocenters. The lowest BCUT2D eigenvalue weighted by atomic mass is 10.3. The smallest absolute Gasteiger partial charge is 0.143 e. The van der Waals surface area contributed by atoms with Crippen LogP contribution in [0.3, 0.4) is 0 Å². The van der Waals surface area contributed by atoms with Crippen molar-refractivity contribution in [1.29, 1.82) is 0 Å². The predicted molar refractivity (Wildman–Crippen MR) is 64.1 cm³/mol. The van der Waals surface area contributed by atoms with Gasteiger partial charge in [-0.2, -0.15) is 0 Å². The quantitative estimate of drug-likeness (QED) is 0.781. The van der Waals surface area contributed by atoms with Crippen LogP contribution >= 0.6 is 0 Å². The van der Waals surface area contributed by atoms with Crippen molar-refractivity contribution in [2.45, 2.75) is 6.10 Å². The maximum atomic E-state index is 11.7. The number of rotatable bonds is 2. The Balaban J connectivity index is 2.36. The van der Waals surface area contributed by atoms with E-state index in [0.29, 0.717) is 13.2 Å². The second kappa shape index (κ2) is 4.84. The molecule has 2 rings (SSSR count). The summed E-state index contributed by atoms with van der Waals surface area (Å²) in [5, 5.41) is 0. The molecule has 0 saturated heterocycles. The van der Waals surface area contributed by atoms with Gasteiger partial charge < -0.3 is 9.47 Å². The highest BCUT2D eigenvalue weighted by molar-refractivity contribution is 7.85. The molecule has 5 heteroatoms. The van der Waals surface area contributed by atoms with Gasteiger partial charge >= 0.3 is 0 Å². The molecule has 1 heterocycles. The van der Waals surface area contributed by atoms with Gasteiger partial charge in [0.05, 0.1) is 12.2 Å². The lowest BCUT2D eigenvalue weighted by molar-refractivity contribution is 0.0694. The monoisotopic (exact) mass is 241 g/mol. The zero-order valence-corrected chi connectivity index (χ0v) is 10.2. The first kappa shape index (κ1) is 11.4. The maximum Gasteiger partial charge on any atom is 0.143 e. The van der Waals surface area contributed by atoms with Gasteiger partial charge in [0.15, 0.2) is 0 Å². The van der Waals surface area contributed by atoms with Gasteiger partial charge in [0.2, 0.25) is 0 Å². The highest BCUT2D eigenvalue weighted by atomic mass is 32.2. The first-order chi connectivity index (χ1) is 7.72. The molecule has 2 atom stereocenters. The van der Waals surface area contributed by atoms with Crippen molar-refractivity contribution in [3.05, 3.63) is 24.3 Å². The van der Waals surface area contributed by atoms with Gasteiger partial charge in [-0.3, -0.25) is 4.31 Å². The molecule has 1 aliphatic heterocycles. The second-order valence-electron chi connectivity index (χ2n) is 3.62. The van der Waals surface area contributed by atoms with Gasteiger partial charge in [-0.1, -0.05) is 12.1 Å². The molecule has 0 bridgehead atoms. The highest BCUT2D eigenvalue weighted by Crippen LogP contribution is 2.31. The molecule has 16 heavy (non-hydrogen) atoms. The number of hydrogen-bond donors (Lipinski definition) is 0. The van der Waals surface area contributed by atoms with Gasteiger partial charge in [-0.25, -0.2) is 4.21 Å². The summed E-state index contributed by atoms with van der Waals surface area (Å²) >= 11 is 0. The van der Waals surface area contributed by atoms with E-state index in [4.69, 9.17) is 9.47 Å². The highest BCUT2D eigenvalue weighted by Gasteiger charge is 2.24. The van der Waals surface area contributed by atoms with E-state index in [2.05, 4.69) is 0 Å². The van der Waals surface area contributed by atoms with Crippen molar-refractivity contribution in [2.24, 2.45) is 0 Å².